The summed E-state index contributed by atoms with van der Waals surface area (Å²) in [7, 11) is 1.44. The summed E-state index contributed by atoms with van der Waals surface area (Å²) in [4.78, 5) is 38.7. The molecule has 6 nitrogen and oxygen atoms in total. The number of carbonyl (C=O) groups is 3. The van der Waals surface area contributed by atoms with Gasteiger partial charge in [-0.15, -0.1) is 0 Å². The first-order valence-electron chi connectivity index (χ1n) is 15.9. The van der Waals surface area contributed by atoms with E-state index >= 15 is 0 Å². The number of ketones is 2. The van der Waals surface area contributed by atoms with Gasteiger partial charge in [0.05, 0.1) is 7.11 Å². The third-order valence-corrected chi connectivity index (χ3v) is 12.6. The number of Topliss-reactive ketones (excluding diaryl/α,β-unsaturated/α-hetero) is 2. The Hall–Kier alpha value is -1.27. The zero-order valence-corrected chi connectivity index (χ0v) is 25.4. The van der Waals surface area contributed by atoms with E-state index < -0.39 is 11.2 Å². The molecule has 39 heavy (non-hydrogen) atoms. The van der Waals surface area contributed by atoms with E-state index in [1.165, 1.54) is 7.11 Å². The molecule has 0 bridgehead atoms. The van der Waals surface area contributed by atoms with Crippen molar-refractivity contribution in [1.29, 1.82) is 0 Å². The molecule has 4 rings (SSSR count). The first-order valence-corrected chi connectivity index (χ1v) is 15.9. The Bertz CT molecular complexity index is 946. The first kappa shape index (κ1) is 30.7. The number of methoxy groups -OCH3 is 1. The van der Waals surface area contributed by atoms with Crippen LogP contribution in [0.4, 0.5) is 0 Å². The highest BCUT2D eigenvalue weighted by Gasteiger charge is 2.69. The number of ether oxygens (including phenoxy) is 1. The Balaban J connectivity index is 1.67. The number of hydrogen-bond donors (Lipinski definition) is 2. The molecule has 4 aliphatic carbocycles. The first-order chi connectivity index (χ1) is 18.3. The molecule has 0 aliphatic heterocycles. The normalized spacial score (nSPS) is 44.1. The minimum Gasteiger partial charge on any atom is -0.469 e. The van der Waals surface area contributed by atoms with Crippen molar-refractivity contribution in [3.05, 3.63) is 0 Å². The number of carbonyl (C=O) groups excluding carboxylic acids is 3. The molecular formula is C33H54O6. The lowest BCUT2D eigenvalue weighted by Crippen LogP contribution is -2.67. The number of aliphatic hydroxyl groups is 2. The maximum atomic E-state index is 13.8. The Kier molecular flexibility index (Phi) is 8.80. The van der Waals surface area contributed by atoms with Gasteiger partial charge in [0.15, 0.2) is 11.6 Å². The highest BCUT2D eigenvalue weighted by molar-refractivity contribution is 5.88. The highest BCUT2D eigenvalue weighted by Crippen LogP contribution is 2.71. The fourth-order valence-corrected chi connectivity index (χ4v) is 10.4. The Morgan fingerprint density at radius 1 is 0.846 bits per heavy atom. The minimum absolute atomic E-state index is 0.0207. The van der Waals surface area contributed by atoms with Gasteiger partial charge in [-0.2, -0.15) is 0 Å². The van der Waals surface area contributed by atoms with Gasteiger partial charge in [0.1, 0.15) is 11.2 Å². The van der Waals surface area contributed by atoms with Crippen LogP contribution in [0.25, 0.3) is 0 Å². The van der Waals surface area contributed by atoms with Gasteiger partial charge < -0.3 is 14.9 Å². The van der Waals surface area contributed by atoms with Crippen LogP contribution in [0.5, 0.6) is 0 Å². The van der Waals surface area contributed by atoms with Crippen molar-refractivity contribution in [1.82, 2.24) is 0 Å². The number of esters is 1. The molecule has 0 heterocycles. The fourth-order valence-electron chi connectivity index (χ4n) is 10.4. The lowest BCUT2D eigenvalue weighted by molar-refractivity contribution is -0.224. The zero-order valence-electron chi connectivity index (χ0n) is 25.4. The van der Waals surface area contributed by atoms with Crippen LogP contribution in [0.2, 0.25) is 0 Å². The van der Waals surface area contributed by atoms with Gasteiger partial charge in [0, 0.05) is 25.2 Å². The van der Waals surface area contributed by atoms with Crippen LogP contribution in [-0.4, -0.2) is 46.1 Å². The molecule has 10 atom stereocenters. The van der Waals surface area contributed by atoms with E-state index in [4.69, 9.17) is 4.74 Å². The molecule has 0 saturated heterocycles. The molecule has 222 valence electrons. The van der Waals surface area contributed by atoms with Crippen LogP contribution in [0.15, 0.2) is 0 Å². The van der Waals surface area contributed by atoms with Crippen LogP contribution in [0.1, 0.15) is 125 Å². The quantitative estimate of drug-likeness (QED) is 0.324. The molecule has 0 aromatic rings. The van der Waals surface area contributed by atoms with Crippen molar-refractivity contribution in [2.45, 2.75) is 136 Å². The van der Waals surface area contributed by atoms with E-state index in [1.807, 2.05) is 13.8 Å². The van der Waals surface area contributed by atoms with Gasteiger partial charge >= 0.3 is 5.97 Å². The number of fused-ring (bicyclic) bond motifs is 5. The van der Waals surface area contributed by atoms with Gasteiger partial charge in [-0.05, 0) is 111 Å². The summed E-state index contributed by atoms with van der Waals surface area (Å²) in [5.74, 6) is 0.865. The van der Waals surface area contributed by atoms with Crippen LogP contribution in [0.3, 0.4) is 0 Å². The van der Waals surface area contributed by atoms with Gasteiger partial charge in [0.25, 0.3) is 0 Å². The molecule has 4 aliphatic rings. The summed E-state index contributed by atoms with van der Waals surface area (Å²) < 4.78 is 4.90. The molecular weight excluding hydrogens is 492 g/mol. The SMILES string of the molecule is CCCC(=O)[C@@]1(O)CC[C@@]2(C)C(C1)C[C@](O)(C(=O)CCC)[C@H]1[C@@H]3CC[C@H]([C@H](C)CCC(=O)OC)[C@@]3(C)CC[C@@H]12. The summed E-state index contributed by atoms with van der Waals surface area (Å²) in [6, 6.07) is 0. The third kappa shape index (κ3) is 5.04. The van der Waals surface area contributed by atoms with E-state index in [9.17, 15) is 24.6 Å². The second-order valence-electron chi connectivity index (χ2n) is 14.5. The van der Waals surface area contributed by atoms with Gasteiger partial charge in [-0.1, -0.05) is 34.6 Å². The lowest BCUT2D eigenvalue weighted by Gasteiger charge is -2.66. The average Bonchev–Trinajstić information content (AvgIpc) is 3.25. The molecule has 4 fully saturated rings. The largest absolute Gasteiger partial charge is 0.469 e. The lowest BCUT2D eigenvalue weighted by atomic mass is 9.40. The van der Waals surface area contributed by atoms with E-state index in [0.29, 0.717) is 63.2 Å². The smallest absolute Gasteiger partial charge is 0.305 e. The van der Waals surface area contributed by atoms with Crippen molar-refractivity contribution >= 4 is 17.5 Å². The summed E-state index contributed by atoms with van der Waals surface area (Å²) in [6.07, 6.45) is 9.47. The Morgan fingerprint density at radius 2 is 1.49 bits per heavy atom. The van der Waals surface area contributed by atoms with Crippen LogP contribution < -0.4 is 0 Å². The van der Waals surface area contributed by atoms with Crippen molar-refractivity contribution in [3.8, 4) is 0 Å². The summed E-state index contributed by atoms with van der Waals surface area (Å²) in [5.41, 5.74) is -2.82. The van der Waals surface area contributed by atoms with Gasteiger partial charge in [-0.25, -0.2) is 0 Å². The zero-order chi connectivity index (χ0) is 28.8. The number of hydrogen-bond acceptors (Lipinski definition) is 6. The molecule has 0 radical (unpaired) electrons. The average molecular weight is 547 g/mol. The standard InChI is InChI=1S/C33H54O6/c1-7-9-26(34)32(37)18-17-30(4)22(19-32)20-33(38,27(35)10-8-2)29-24-13-12-23(21(3)11-14-28(36)39-6)31(24,5)16-15-25(29)30/h21-25,29,37-38H,7-20H2,1-6H3/t21-,22?,23-,24+,25+,29+,30+,31-,32-,33+/m1/s1. The predicted molar refractivity (Wildman–Crippen MR) is 151 cm³/mol. The molecule has 2 N–H and O–H groups in total. The minimum atomic E-state index is -1.41. The van der Waals surface area contributed by atoms with Crippen molar-refractivity contribution in [2.75, 3.05) is 7.11 Å². The maximum absolute atomic E-state index is 13.8. The second-order valence-corrected chi connectivity index (χ2v) is 14.5. The second kappa shape index (κ2) is 11.2. The topological polar surface area (TPSA) is 101 Å². The monoisotopic (exact) mass is 546 g/mol. The van der Waals surface area contributed by atoms with Crippen LogP contribution in [-0.2, 0) is 19.1 Å². The predicted octanol–water partition coefficient (Wildman–Crippen LogP) is 6.05. The van der Waals surface area contributed by atoms with Gasteiger partial charge in [-0.3, -0.25) is 14.4 Å². The molecule has 6 heteroatoms. The van der Waals surface area contributed by atoms with Crippen LogP contribution >= 0.6 is 0 Å². The van der Waals surface area contributed by atoms with Crippen molar-refractivity contribution in [2.24, 2.45) is 46.3 Å². The molecule has 1 unspecified atom stereocenters. The summed E-state index contributed by atoms with van der Waals surface area (Å²) in [5, 5.41) is 24.0. The Morgan fingerprint density at radius 3 is 2.13 bits per heavy atom. The summed E-state index contributed by atoms with van der Waals surface area (Å²) >= 11 is 0. The number of rotatable bonds is 10. The fraction of sp³-hybridized carbons (Fsp3) is 0.909. The highest BCUT2D eigenvalue weighted by atomic mass is 16.5. The van der Waals surface area contributed by atoms with Crippen LogP contribution in [0, 0.1) is 46.3 Å². The molecule has 0 aromatic carbocycles. The van der Waals surface area contributed by atoms with Gasteiger partial charge in [0.2, 0.25) is 0 Å². The maximum Gasteiger partial charge on any atom is 0.305 e. The van der Waals surface area contributed by atoms with E-state index in [1.54, 1.807) is 0 Å². The molecule has 0 aromatic heterocycles. The summed E-state index contributed by atoms with van der Waals surface area (Å²) in [6.45, 7) is 10.9. The molecule has 4 saturated carbocycles. The van der Waals surface area contributed by atoms with E-state index in [-0.39, 0.29) is 52.0 Å². The van der Waals surface area contributed by atoms with E-state index in [2.05, 4.69) is 20.8 Å². The van der Waals surface area contributed by atoms with Crippen molar-refractivity contribution in [3.63, 3.8) is 0 Å². The third-order valence-electron chi connectivity index (χ3n) is 12.6. The van der Waals surface area contributed by atoms with E-state index in [0.717, 1.165) is 38.5 Å². The van der Waals surface area contributed by atoms with Crippen molar-refractivity contribution < 1.29 is 29.3 Å². The Labute approximate surface area is 236 Å². The molecule has 0 spiro atoms. The molecule has 0 amide bonds.